The van der Waals surface area contributed by atoms with Crippen LogP contribution in [0.25, 0.3) is 22.4 Å². The van der Waals surface area contributed by atoms with Crippen LogP contribution in [0.4, 0.5) is 4.39 Å². The number of nitrogens with zero attached hydrogens (tertiary/aromatic N) is 2. The van der Waals surface area contributed by atoms with E-state index in [4.69, 9.17) is 14.5 Å². The lowest BCUT2D eigenvalue weighted by molar-refractivity contribution is -0.127. The first-order chi connectivity index (χ1) is 17.6. The van der Waals surface area contributed by atoms with E-state index in [0.29, 0.717) is 28.4 Å². The number of benzene rings is 2. The van der Waals surface area contributed by atoms with Crippen LogP contribution in [0.5, 0.6) is 11.5 Å². The Hall–Kier alpha value is -3.09. The fourth-order valence-corrected chi connectivity index (χ4v) is 6.05. The molecule has 1 amide bonds. The van der Waals surface area contributed by atoms with E-state index in [-0.39, 0.29) is 23.7 Å². The van der Waals surface area contributed by atoms with Crippen molar-refractivity contribution in [1.82, 2.24) is 14.9 Å². The molecule has 1 aromatic heterocycles. The van der Waals surface area contributed by atoms with Crippen LogP contribution in [0.1, 0.15) is 70.3 Å². The van der Waals surface area contributed by atoms with Crippen molar-refractivity contribution in [2.45, 2.75) is 76.3 Å². The van der Waals surface area contributed by atoms with Crippen LogP contribution in [0.3, 0.4) is 0 Å². The van der Waals surface area contributed by atoms with Crippen LogP contribution in [-0.2, 0) is 4.79 Å². The Balaban J connectivity index is 1.67. The number of hydrogen-bond donors (Lipinski definition) is 1. The molecule has 36 heavy (non-hydrogen) atoms. The second-order valence-corrected chi connectivity index (χ2v) is 10.2. The second-order valence-electron chi connectivity index (χ2n) is 10.2. The summed E-state index contributed by atoms with van der Waals surface area (Å²) in [5.41, 5.74) is 2.05. The highest BCUT2D eigenvalue weighted by molar-refractivity contribution is 5.88. The van der Waals surface area contributed by atoms with Gasteiger partial charge in [0.25, 0.3) is 0 Å². The summed E-state index contributed by atoms with van der Waals surface area (Å²) in [6, 6.07) is 9.93. The van der Waals surface area contributed by atoms with E-state index in [1.54, 1.807) is 20.3 Å². The molecule has 5 rings (SSSR count). The maximum atomic E-state index is 14.6. The van der Waals surface area contributed by atoms with Gasteiger partial charge in [0.05, 0.1) is 30.8 Å². The Labute approximate surface area is 212 Å². The number of hydrogen-bond acceptors (Lipinski definition) is 4. The van der Waals surface area contributed by atoms with Gasteiger partial charge in [-0.1, -0.05) is 38.5 Å². The number of imidazole rings is 1. The first-order valence-electron chi connectivity index (χ1n) is 13.3. The maximum absolute atomic E-state index is 14.6. The minimum atomic E-state index is -0.471. The molecule has 192 valence electrons. The van der Waals surface area contributed by atoms with Gasteiger partial charge in [-0.2, -0.15) is 0 Å². The molecule has 0 spiro atoms. The van der Waals surface area contributed by atoms with Crippen LogP contribution in [-0.4, -0.2) is 35.7 Å². The van der Waals surface area contributed by atoms with Crippen molar-refractivity contribution in [3.63, 3.8) is 0 Å². The van der Waals surface area contributed by atoms with Gasteiger partial charge in [0.2, 0.25) is 5.91 Å². The number of ether oxygens (including phenoxy) is 2. The van der Waals surface area contributed by atoms with Gasteiger partial charge in [-0.3, -0.25) is 4.79 Å². The molecule has 0 radical (unpaired) electrons. The van der Waals surface area contributed by atoms with Crippen LogP contribution < -0.4 is 14.8 Å². The number of carbonyl (C=O) groups is 1. The Bertz CT molecular complexity index is 1210. The monoisotopic (exact) mass is 493 g/mol. The van der Waals surface area contributed by atoms with Gasteiger partial charge in [0, 0.05) is 12.1 Å². The summed E-state index contributed by atoms with van der Waals surface area (Å²) < 4.78 is 27.7. The molecule has 3 aromatic rings. The van der Waals surface area contributed by atoms with Crippen molar-refractivity contribution in [2.24, 2.45) is 5.92 Å². The van der Waals surface area contributed by atoms with E-state index in [1.165, 1.54) is 25.0 Å². The summed E-state index contributed by atoms with van der Waals surface area (Å²) in [4.78, 5) is 19.0. The molecular formula is C29H36FN3O3. The minimum absolute atomic E-state index is 0.0195. The molecule has 0 aliphatic heterocycles. The fourth-order valence-electron chi connectivity index (χ4n) is 6.05. The number of halogens is 1. The quantitative estimate of drug-likeness (QED) is 0.412. The molecule has 2 aromatic carbocycles. The van der Waals surface area contributed by atoms with Crippen LogP contribution in [0.2, 0.25) is 0 Å². The third-order valence-electron chi connectivity index (χ3n) is 7.90. The molecule has 1 N–H and O–H groups in total. The third kappa shape index (κ3) is 4.93. The lowest BCUT2D eigenvalue weighted by Crippen LogP contribution is -2.43. The smallest absolute Gasteiger partial charge is 0.243 e. The molecule has 2 aliphatic carbocycles. The number of amides is 1. The summed E-state index contributed by atoms with van der Waals surface area (Å²) in [5, 5.41) is 3.38. The molecule has 1 heterocycles. The molecule has 7 heteroatoms. The topological polar surface area (TPSA) is 65.4 Å². The zero-order valence-electron chi connectivity index (χ0n) is 21.3. The van der Waals surface area contributed by atoms with Gasteiger partial charge in [0.15, 0.2) is 0 Å². The number of rotatable bonds is 7. The number of fused-ring (bicyclic) bond motifs is 1. The SMILES string of the molecule is COc1ccc(-c2nc3ccc(F)cc3n2C(C(=O)NC2CCCCC2)C2CCCCC2)c(OC)c1. The van der Waals surface area contributed by atoms with Gasteiger partial charge in [-0.25, -0.2) is 9.37 Å². The summed E-state index contributed by atoms with van der Waals surface area (Å²) in [5.74, 6) is 1.72. The van der Waals surface area contributed by atoms with Gasteiger partial charge < -0.3 is 19.4 Å². The van der Waals surface area contributed by atoms with Crippen molar-refractivity contribution < 1.29 is 18.7 Å². The Morgan fingerprint density at radius 1 is 0.972 bits per heavy atom. The van der Waals surface area contributed by atoms with E-state index in [9.17, 15) is 9.18 Å². The van der Waals surface area contributed by atoms with Crippen LogP contribution in [0, 0.1) is 11.7 Å². The summed E-state index contributed by atoms with van der Waals surface area (Å²) in [7, 11) is 3.22. The maximum Gasteiger partial charge on any atom is 0.243 e. The first-order valence-corrected chi connectivity index (χ1v) is 13.3. The van der Waals surface area contributed by atoms with E-state index in [0.717, 1.165) is 56.9 Å². The number of carbonyl (C=O) groups excluding carboxylic acids is 1. The molecule has 2 fully saturated rings. The number of methoxy groups -OCH3 is 2. The average Bonchev–Trinajstić information content (AvgIpc) is 3.27. The van der Waals surface area contributed by atoms with Crippen LogP contribution >= 0.6 is 0 Å². The third-order valence-corrected chi connectivity index (χ3v) is 7.90. The van der Waals surface area contributed by atoms with E-state index in [2.05, 4.69) is 5.32 Å². The van der Waals surface area contributed by atoms with Crippen molar-refractivity contribution in [1.29, 1.82) is 0 Å². The van der Waals surface area contributed by atoms with Gasteiger partial charge >= 0.3 is 0 Å². The fraction of sp³-hybridized carbons (Fsp3) is 0.517. The molecule has 1 unspecified atom stereocenters. The van der Waals surface area contributed by atoms with Crippen LogP contribution in [0.15, 0.2) is 36.4 Å². The minimum Gasteiger partial charge on any atom is -0.497 e. The average molecular weight is 494 g/mol. The molecule has 6 nitrogen and oxygen atoms in total. The van der Waals surface area contributed by atoms with E-state index in [1.807, 2.05) is 22.8 Å². The predicted octanol–water partition coefficient (Wildman–Crippen LogP) is 6.43. The highest BCUT2D eigenvalue weighted by Crippen LogP contribution is 2.41. The molecular weight excluding hydrogens is 457 g/mol. The second kappa shape index (κ2) is 10.9. The first kappa shape index (κ1) is 24.6. The zero-order chi connectivity index (χ0) is 25.1. The highest BCUT2D eigenvalue weighted by atomic mass is 19.1. The highest BCUT2D eigenvalue weighted by Gasteiger charge is 2.36. The van der Waals surface area contributed by atoms with Gasteiger partial charge in [-0.15, -0.1) is 0 Å². The molecule has 0 bridgehead atoms. The number of nitrogens with one attached hydrogen (secondary N) is 1. The van der Waals surface area contributed by atoms with Gasteiger partial charge in [-0.05, 0) is 61.9 Å². The van der Waals surface area contributed by atoms with Crippen molar-refractivity contribution >= 4 is 16.9 Å². The summed E-state index contributed by atoms with van der Waals surface area (Å²) >= 11 is 0. The molecule has 1 atom stereocenters. The Morgan fingerprint density at radius 3 is 2.39 bits per heavy atom. The van der Waals surface area contributed by atoms with Crippen molar-refractivity contribution in [2.75, 3.05) is 14.2 Å². The van der Waals surface area contributed by atoms with E-state index >= 15 is 0 Å². The Kier molecular flexibility index (Phi) is 7.44. The zero-order valence-corrected chi connectivity index (χ0v) is 21.3. The molecule has 0 saturated heterocycles. The molecule has 2 saturated carbocycles. The lowest BCUT2D eigenvalue weighted by atomic mass is 9.82. The largest absolute Gasteiger partial charge is 0.497 e. The predicted molar refractivity (Wildman–Crippen MR) is 139 cm³/mol. The lowest BCUT2D eigenvalue weighted by Gasteiger charge is -2.34. The standard InChI is InChI=1S/C29H36FN3O3/c1-35-22-14-15-23(26(18-22)36-2)28-32-24-16-13-20(30)17-25(24)33(28)27(19-9-5-3-6-10-19)29(34)31-21-11-7-4-8-12-21/h13-19,21,27H,3-12H2,1-2H3,(H,31,34). The number of aromatic nitrogens is 2. The molecule has 2 aliphatic rings. The Morgan fingerprint density at radius 2 is 1.69 bits per heavy atom. The normalized spacial score (nSPS) is 18.2. The van der Waals surface area contributed by atoms with Gasteiger partial charge in [0.1, 0.15) is 29.2 Å². The van der Waals surface area contributed by atoms with Crippen molar-refractivity contribution in [3.05, 3.63) is 42.2 Å². The van der Waals surface area contributed by atoms with Crippen molar-refractivity contribution in [3.8, 4) is 22.9 Å². The summed E-state index contributed by atoms with van der Waals surface area (Å²) in [6.07, 6.45) is 10.9. The summed E-state index contributed by atoms with van der Waals surface area (Å²) in [6.45, 7) is 0. The van der Waals surface area contributed by atoms with E-state index < -0.39 is 6.04 Å².